The minimum Gasteiger partial charge on any atom is -0.361 e. The molecule has 0 bridgehead atoms. The molecule has 0 spiro atoms. The minimum atomic E-state index is -4.44. The van der Waals surface area contributed by atoms with Crippen LogP contribution in [0.2, 0.25) is 0 Å². The summed E-state index contributed by atoms with van der Waals surface area (Å²) in [7, 11) is 1.64. The Kier molecular flexibility index (Phi) is 3.74. The van der Waals surface area contributed by atoms with Crippen molar-refractivity contribution < 1.29 is 22.7 Å². The summed E-state index contributed by atoms with van der Waals surface area (Å²) < 4.78 is 42.2. The van der Waals surface area contributed by atoms with Crippen LogP contribution in [-0.4, -0.2) is 29.2 Å². The van der Waals surface area contributed by atoms with Crippen molar-refractivity contribution in [2.75, 3.05) is 6.61 Å². The molecule has 3 nitrogen and oxygen atoms in total. The highest BCUT2D eigenvalue weighted by molar-refractivity contribution is 5.95. The number of halogens is 3. The summed E-state index contributed by atoms with van der Waals surface area (Å²) in [5.74, 6) is -0.469. The maximum absolute atomic E-state index is 12.1. The normalized spacial score (nSPS) is 13.8. The zero-order chi connectivity index (χ0) is 12.3. The Morgan fingerprint density at radius 1 is 1.56 bits per heavy atom. The number of carbonyl (C=O) groups is 1. The van der Waals surface area contributed by atoms with Crippen LogP contribution >= 0.6 is 0 Å². The Bertz CT molecular complexity index is 370. The number of Topliss-reactive ketones (excluding diaryl/α,β-unsaturated/α-hetero) is 1. The molecule has 1 rings (SSSR count). The maximum atomic E-state index is 12.1. The van der Waals surface area contributed by atoms with E-state index >= 15 is 0 Å². The second-order valence-electron chi connectivity index (χ2n) is 3.42. The second-order valence-corrected chi connectivity index (χ2v) is 3.42. The first kappa shape index (κ1) is 12.8. The Labute approximate surface area is 90.8 Å². The quantitative estimate of drug-likeness (QED) is 0.749. The highest BCUT2D eigenvalue weighted by Gasteiger charge is 2.37. The van der Waals surface area contributed by atoms with Crippen molar-refractivity contribution in [2.24, 2.45) is 7.05 Å². The molecule has 1 unspecified atom stereocenters. The summed E-state index contributed by atoms with van der Waals surface area (Å²) in [4.78, 5) is 11.4. The lowest BCUT2D eigenvalue weighted by Crippen LogP contribution is -2.30. The molecule has 6 heteroatoms. The van der Waals surface area contributed by atoms with E-state index in [0.29, 0.717) is 5.69 Å². The van der Waals surface area contributed by atoms with Crippen molar-refractivity contribution in [1.29, 1.82) is 0 Å². The van der Waals surface area contributed by atoms with E-state index in [1.165, 1.54) is 10.6 Å². The monoisotopic (exact) mass is 235 g/mol. The summed E-state index contributed by atoms with van der Waals surface area (Å²) in [5, 5.41) is 0. The molecule has 0 aliphatic rings. The number of hydrogen-bond donors (Lipinski definition) is 0. The highest BCUT2D eigenvalue weighted by Crippen LogP contribution is 2.22. The summed E-state index contributed by atoms with van der Waals surface area (Å²) in [5.41, 5.74) is 0.328. The van der Waals surface area contributed by atoms with E-state index in [0.717, 1.165) is 6.92 Å². The van der Waals surface area contributed by atoms with Crippen LogP contribution in [0.4, 0.5) is 13.2 Å². The van der Waals surface area contributed by atoms with E-state index < -0.39 is 24.7 Å². The second kappa shape index (κ2) is 4.69. The first-order chi connectivity index (χ1) is 7.32. The van der Waals surface area contributed by atoms with Crippen molar-refractivity contribution in [1.82, 2.24) is 4.57 Å². The smallest absolute Gasteiger partial charge is 0.361 e. The third-order valence-electron chi connectivity index (χ3n) is 2.15. The number of nitrogens with zero attached hydrogens (tertiary/aromatic N) is 1. The molecule has 0 saturated carbocycles. The molecule has 1 aromatic heterocycles. The lowest BCUT2D eigenvalue weighted by atomic mass is 10.3. The Morgan fingerprint density at radius 2 is 2.19 bits per heavy atom. The van der Waals surface area contributed by atoms with Gasteiger partial charge in [0, 0.05) is 13.2 Å². The average molecular weight is 235 g/mol. The number of ketones is 1. The number of hydrogen-bond acceptors (Lipinski definition) is 2. The number of aromatic nitrogens is 1. The van der Waals surface area contributed by atoms with Gasteiger partial charge in [0.2, 0.25) is 5.78 Å². The Balaban J connectivity index is 2.52. The third kappa shape index (κ3) is 3.10. The van der Waals surface area contributed by atoms with Crippen molar-refractivity contribution in [2.45, 2.75) is 19.2 Å². The predicted molar refractivity (Wildman–Crippen MR) is 51.2 cm³/mol. The standard InChI is InChI=1S/C10H12F3NO2/c1-7(10(11,12)13)16-6-9(15)8-4-3-5-14(8)2/h3-5,7H,6H2,1-2H3. The predicted octanol–water partition coefficient (Wildman–Crippen LogP) is 2.18. The van der Waals surface area contributed by atoms with Crippen molar-refractivity contribution >= 4 is 5.78 Å². The van der Waals surface area contributed by atoms with Crippen molar-refractivity contribution in [3.05, 3.63) is 24.0 Å². The van der Waals surface area contributed by atoms with Crippen LogP contribution in [0.3, 0.4) is 0 Å². The zero-order valence-corrected chi connectivity index (χ0v) is 8.91. The molecule has 0 amide bonds. The number of ether oxygens (including phenoxy) is 1. The fraction of sp³-hybridized carbons (Fsp3) is 0.500. The Hall–Kier alpha value is -1.30. The van der Waals surface area contributed by atoms with Gasteiger partial charge in [0.15, 0.2) is 6.10 Å². The van der Waals surface area contributed by atoms with Gasteiger partial charge < -0.3 is 9.30 Å². The van der Waals surface area contributed by atoms with Gasteiger partial charge in [0.25, 0.3) is 0 Å². The molecular weight excluding hydrogens is 223 g/mol. The number of aryl methyl sites for hydroxylation is 1. The van der Waals surface area contributed by atoms with Gasteiger partial charge >= 0.3 is 6.18 Å². The average Bonchev–Trinajstić information content (AvgIpc) is 2.58. The Morgan fingerprint density at radius 3 is 2.62 bits per heavy atom. The fourth-order valence-corrected chi connectivity index (χ4v) is 1.12. The van der Waals surface area contributed by atoms with Crippen LogP contribution in [0.1, 0.15) is 17.4 Å². The van der Waals surface area contributed by atoms with E-state index in [9.17, 15) is 18.0 Å². The van der Waals surface area contributed by atoms with Gasteiger partial charge in [0.1, 0.15) is 6.61 Å². The molecule has 0 radical (unpaired) electrons. The van der Waals surface area contributed by atoms with Crippen LogP contribution < -0.4 is 0 Å². The molecule has 1 atom stereocenters. The van der Waals surface area contributed by atoms with Gasteiger partial charge in [0.05, 0.1) is 5.69 Å². The molecule has 16 heavy (non-hydrogen) atoms. The maximum Gasteiger partial charge on any atom is 0.414 e. The van der Waals surface area contributed by atoms with E-state index in [1.54, 1.807) is 19.3 Å². The van der Waals surface area contributed by atoms with E-state index in [-0.39, 0.29) is 0 Å². The molecule has 0 aliphatic heterocycles. The number of rotatable bonds is 4. The fourth-order valence-electron chi connectivity index (χ4n) is 1.12. The lowest BCUT2D eigenvalue weighted by Gasteiger charge is -2.15. The molecule has 0 aliphatic carbocycles. The molecule has 0 fully saturated rings. The first-order valence-electron chi connectivity index (χ1n) is 4.65. The number of alkyl halides is 3. The summed E-state index contributed by atoms with van der Waals surface area (Å²) in [6, 6.07) is 3.17. The SMILES string of the molecule is CC(OCC(=O)c1cccn1C)C(F)(F)F. The van der Waals surface area contributed by atoms with Gasteiger partial charge in [-0.1, -0.05) is 0 Å². The topological polar surface area (TPSA) is 31.2 Å². The molecular formula is C10H12F3NO2. The van der Waals surface area contributed by atoms with Gasteiger partial charge in [-0.2, -0.15) is 13.2 Å². The summed E-state index contributed by atoms with van der Waals surface area (Å²) in [6.07, 6.45) is -4.73. The third-order valence-corrected chi connectivity index (χ3v) is 2.15. The van der Waals surface area contributed by atoms with E-state index in [1.807, 2.05) is 0 Å². The number of carbonyl (C=O) groups excluding carboxylic acids is 1. The van der Waals surface area contributed by atoms with Gasteiger partial charge in [-0.05, 0) is 19.1 Å². The van der Waals surface area contributed by atoms with Crippen LogP contribution in [0, 0.1) is 0 Å². The van der Waals surface area contributed by atoms with Gasteiger partial charge in [-0.15, -0.1) is 0 Å². The van der Waals surface area contributed by atoms with Gasteiger partial charge in [-0.25, -0.2) is 0 Å². The molecule has 0 saturated heterocycles. The van der Waals surface area contributed by atoms with Gasteiger partial charge in [-0.3, -0.25) is 4.79 Å². The van der Waals surface area contributed by atoms with E-state index in [4.69, 9.17) is 0 Å². The van der Waals surface area contributed by atoms with Crippen LogP contribution in [-0.2, 0) is 11.8 Å². The largest absolute Gasteiger partial charge is 0.414 e. The molecule has 0 N–H and O–H groups in total. The summed E-state index contributed by atoms with van der Waals surface area (Å²) in [6.45, 7) is 0.302. The molecule has 1 aromatic rings. The van der Waals surface area contributed by atoms with Crippen LogP contribution in [0.15, 0.2) is 18.3 Å². The minimum absolute atomic E-state index is 0.328. The molecule has 90 valence electrons. The molecule has 1 heterocycles. The lowest BCUT2D eigenvalue weighted by molar-refractivity contribution is -0.210. The van der Waals surface area contributed by atoms with Crippen LogP contribution in [0.5, 0.6) is 0 Å². The first-order valence-corrected chi connectivity index (χ1v) is 4.65. The zero-order valence-electron chi connectivity index (χ0n) is 8.91. The highest BCUT2D eigenvalue weighted by atomic mass is 19.4. The van der Waals surface area contributed by atoms with Crippen molar-refractivity contribution in [3.63, 3.8) is 0 Å². The summed E-state index contributed by atoms with van der Waals surface area (Å²) >= 11 is 0. The van der Waals surface area contributed by atoms with Crippen molar-refractivity contribution in [3.8, 4) is 0 Å². The van der Waals surface area contributed by atoms with Crippen LogP contribution in [0.25, 0.3) is 0 Å². The molecule has 0 aromatic carbocycles. The van der Waals surface area contributed by atoms with E-state index in [2.05, 4.69) is 4.74 Å².